The van der Waals surface area contributed by atoms with Crippen LogP contribution in [0.25, 0.3) is 0 Å². The summed E-state index contributed by atoms with van der Waals surface area (Å²) in [4.78, 5) is 10.6. The maximum absolute atomic E-state index is 10.8. The second kappa shape index (κ2) is 8.67. The number of nitro groups is 1. The van der Waals surface area contributed by atoms with Crippen molar-refractivity contribution in [1.82, 2.24) is 0 Å². The van der Waals surface area contributed by atoms with E-state index in [1.54, 1.807) is 12.1 Å². The second-order valence-corrected chi connectivity index (χ2v) is 4.76. The van der Waals surface area contributed by atoms with Crippen LogP contribution >= 0.6 is 0 Å². The van der Waals surface area contributed by atoms with Crippen LogP contribution < -0.4 is 0 Å². The maximum Gasteiger partial charge on any atom is 0.272 e. The number of aryl methyl sites for hydroxylation is 1. The van der Waals surface area contributed by atoms with Gasteiger partial charge in [0.1, 0.15) is 0 Å². The molecule has 0 radical (unpaired) electrons. The molecule has 3 heteroatoms. The number of para-hydroxylation sites is 1. The Balaban J connectivity index is 2.25. The first-order chi connectivity index (χ1) is 8.75. The highest BCUT2D eigenvalue weighted by atomic mass is 16.6. The molecule has 0 spiro atoms. The number of hydrogen-bond donors (Lipinski definition) is 0. The summed E-state index contributed by atoms with van der Waals surface area (Å²) in [6, 6.07) is 7.07. The molecule has 1 aromatic rings. The lowest BCUT2D eigenvalue weighted by Crippen LogP contribution is -1.95. The highest BCUT2D eigenvalue weighted by molar-refractivity contribution is 5.39. The SMILES string of the molecule is CCCCCCCCCc1ccccc1[N+](=O)[O-]. The van der Waals surface area contributed by atoms with Crippen molar-refractivity contribution in [2.24, 2.45) is 0 Å². The molecule has 0 aliphatic heterocycles. The predicted octanol–water partition coefficient (Wildman–Crippen LogP) is 4.89. The summed E-state index contributed by atoms with van der Waals surface area (Å²) in [5.41, 5.74) is 1.14. The quantitative estimate of drug-likeness (QED) is 0.355. The van der Waals surface area contributed by atoms with Crippen LogP contribution in [-0.2, 0) is 6.42 Å². The van der Waals surface area contributed by atoms with Gasteiger partial charge >= 0.3 is 0 Å². The summed E-state index contributed by atoms with van der Waals surface area (Å²) in [7, 11) is 0. The van der Waals surface area contributed by atoms with Gasteiger partial charge in [0.2, 0.25) is 0 Å². The van der Waals surface area contributed by atoms with Crippen molar-refractivity contribution < 1.29 is 4.92 Å². The van der Waals surface area contributed by atoms with E-state index in [1.165, 1.54) is 38.5 Å². The van der Waals surface area contributed by atoms with Crippen molar-refractivity contribution in [2.75, 3.05) is 0 Å². The van der Waals surface area contributed by atoms with E-state index in [9.17, 15) is 10.1 Å². The van der Waals surface area contributed by atoms with E-state index in [4.69, 9.17) is 0 Å². The third-order valence-corrected chi connectivity index (χ3v) is 3.24. The number of unbranched alkanes of at least 4 members (excludes halogenated alkanes) is 6. The van der Waals surface area contributed by atoms with Gasteiger partial charge in [-0.2, -0.15) is 0 Å². The zero-order valence-electron chi connectivity index (χ0n) is 11.2. The molecule has 0 aliphatic carbocycles. The van der Waals surface area contributed by atoms with Gasteiger partial charge < -0.3 is 0 Å². The highest BCUT2D eigenvalue weighted by Gasteiger charge is 2.11. The summed E-state index contributed by atoms with van der Waals surface area (Å²) in [5, 5.41) is 10.8. The first kappa shape index (κ1) is 14.7. The van der Waals surface area contributed by atoms with Gasteiger partial charge in [0, 0.05) is 11.6 Å². The van der Waals surface area contributed by atoms with E-state index in [-0.39, 0.29) is 10.6 Å². The van der Waals surface area contributed by atoms with Crippen molar-refractivity contribution in [1.29, 1.82) is 0 Å². The number of benzene rings is 1. The van der Waals surface area contributed by atoms with E-state index in [1.807, 2.05) is 12.1 Å². The summed E-state index contributed by atoms with van der Waals surface area (Å²) in [6.45, 7) is 2.22. The molecule has 0 bridgehead atoms. The molecule has 0 saturated carbocycles. The van der Waals surface area contributed by atoms with Gasteiger partial charge in [-0.1, -0.05) is 63.6 Å². The zero-order chi connectivity index (χ0) is 13.2. The van der Waals surface area contributed by atoms with E-state index < -0.39 is 0 Å². The predicted molar refractivity (Wildman–Crippen MR) is 74.8 cm³/mol. The van der Waals surface area contributed by atoms with E-state index >= 15 is 0 Å². The second-order valence-electron chi connectivity index (χ2n) is 4.76. The first-order valence-corrected chi connectivity index (χ1v) is 6.98. The molecule has 18 heavy (non-hydrogen) atoms. The van der Waals surface area contributed by atoms with Crippen LogP contribution in [0, 0.1) is 10.1 Å². The minimum Gasteiger partial charge on any atom is -0.258 e. The smallest absolute Gasteiger partial charge is 0.258 e. The fraction of sp³-hybridized carbons (Fsp3) is 0.600. The number of hydrogen-bond acceptors (Lipinski definition) is 2. The molecular formula is C15H23NO2. The summed E-state index contributed by atoms with van der Waals surface area (Å²) in [6.07, 6.45) is 9.52. The molecule has 1 aromatic carbocycles. The van der Waals surface area contributed by atoms with Gasteiger partial charge in [-0.25, -0.2) is 0 Å². The van der Waals surface area contributed by atoms with Crippen LogP contribution in [0.5, 0.6) is 0 Å². The molecule has 0 N–H and O–H groups in total. The lowest BCUT2D eigenvalue weighted by molar-refractivity contribution is -0.385. The Labute approximate surface area is 109 Å². The Morgan fingerprint density at radius 1 is 1.00 bits per heavy atom. The fourth-order valence-electron chi connectivity index (χ4n) is 2.17. The highest BCUT2D eigenvalue weighted by Crippen LogP contribution is 2.20. The summed E-state index contributed by atoms with van der Waals surface area (Å²) in [5.74, 6) is 0. The molecule has 0 aromatic heterocycles. The van der Waals surface area contributed by atoms with Gasteiger partial charge in [-0.05, 0) is 12.8 Å². The standard InChI is InChI=1S/C15H23NO2/c1-2-3-4-5-6-7-8-11-14-12-9-10-13-15(14)16(17)18/h9-10,12-13H,2-8,11H2,1H3. The molecule has 0 unspecified atom stereocenters. The fourth-order valence-corrected chi connectivity index (χ4v) is 2.17. The van der Waals surface area contributed by atoms with E-state index in [0.29, 0.717) is 0 Å². The largest absolute Gasteiger partial charge is 0.272 e. The summed E-state index contributed by atoms with van der Waals surface area (Å²) >= 11 is 0. The molecule has 3 nitrogen and oxygen atoms in total. The van der Waals surface area contributed by atoms with Gasteiger partial charge in [-0.15, -0.1) is 0 Å². The van der Waals surface area contributed by atoms with Gasteiger partial charge in [0.05, 0.1) is 4.92 Å². The Morgan fingerprint density at radius 2 is 1.61 bits per heavy atom. The van der Waals surface area contributed by atoms with Crippen LogP contribution in [-0.4, -0.2) is 4.92 Å². The molecular weight excluding hydrogens is 226 g/mol. The van der Waals surface area contributed by atoms with E-state index in [0.717, 1.165) is 18.4 Å². The van der Waals surface area contributed by atoms with Crippen molar-refractivity contribution >= 4 is 5.69 Å². The van der Waals surface area contributed by atoms with Crippen molar-refractivity contribution in [3.05, 3.63) is 39.9 Å². The third-order valence-electron chi connectivity index (χ3n) is 3.24. The van der Waals surface area contributed by atoms with Crippen LogP contribution in [0.15, 0.2) is 24.3 Å². The monoisotopic (exact) mass is 249 g/mol. The lowest BCUT2D eigenvalue weighted by Gasteiger charge is -2.03. The molecule has 0 atom stereocenters. The number of nitrogens with zero attached hydrogens (tertiary/aromatic N) is 1. The molecule has 0 saturated heterocycles. The van der Waals surface area contributed by atoms with Gasteiger partial charge in [0.15, 0.2) is 0 Å². The number of rotatable bonds is 9. The Hall–Kier alpha value is -1.38. The van der Waals surface area contributed by atoms with Crippen LogP contribution in [0.4, 0.5) is 5.69 Å². The third kappa shape index (κ3) is 5.30. The van der Waals surface area contributed by atoms with Crippen molar-refractivity contribution in [3.63, 3.8) is 0 Å². The Bertz CT molecular complexity index is 363. The van der Waals surface area contributed by atoms with Gasteiger partial charge in [0.25, 0.3) is 5.69 Å². The lowest BCUT2D eigenvalue weighted by atomic mass is 10.0. The minimum absolute atomic E-state index is 0.267. The molecule has 0 amide bonds. The van der Waals surface area contributed by atoms with Crippen LogP contribution in [0.3, 0.4) is 0 Å². The molecule has 100 valence electrons. The van der Waals surface area contributed by atoms with Crippen LogP contribution in [0.1, 0.15) is 57.4 Å². The van der Waals surface area contributed by atoms with Crippen molar-refractivity contribution in [3.8, 4) is 0 Å². The average molecular weight is 249 g/mol. The zero-order valence-corrected chi connectivity index (χ0v) is 11.2. The molecule has 0 fully saturated rings. The average Bonchev–Trinajstić information content (AvgIpc) is 2.38. The van der Waals surface area contributed by atoms with E-state index in [2.05, 4.69) is 6.92 Å². The van der Waals surface area contributed by atoms with Crippen LogP contribution in [0.2, 0.25) is 0 Å². The Morgan fingerprint density at radius 3 is 2.28 bits per heavy atom. The van der Waals surface area contributed by atoms with Gasteiger partial charge in [-0.3, -0.25) is 10.1 Å². The normalized spacial score (nSPS) is 10.5. The molecule has 1 rings (SSSR count). The minimum atomic E-state index is -0.281. The molecule has 0 heterocycles. The maximum atomic E-state index is 10.8. The number of nitro benzene ring substituents is 1. The first-order valence-electron chi connectivity index (χ1n) is 6.98. The van der Waals surface area contributed by atoms with Crippen molar-refractivity contribution in [2.45, 2.75) is 58.3 Å². The Kier molecular flexibility index (Phi) is 7.07. The molecule has 0 aliphatic rings. The topological polar surface area (TPSA) is 43.1 Å². The summed E-state index contributed by atoms with van der Waals surface area (Å²) < 4.78 is 0.